The maximum atomic E-state index is 9.59. The molecular weight excluding hydrogens is 174 g/mol. The van der Waals surface area contributed by atoms with E-state index < -0.39 is 0 Å². The number of ether oxygens (including phenoxy) is 1. The van der Waals surface area contributed by atoms with Crippen molar-refractivity contribution in [2.45, 2.75) is 27.7 Å². The lowest BCUT2D eigenvalue weighted by Crippen LogP contribution is -2.01. The molecule has 0 rings (SSSR count). The summed E-state index contributed by atoms with van der Waals surface area (Å²) in [5, 5.41) is 0. The van der Waals surface area contributed by atoms with Gasteiger partial charge in [-0.25, -0.2) is 0 Å². The normalized spacial score (nSPS) is 6.54. The molecule has 0 aromatic heterocycles. The highest BCUT2D eigenvalue weighted by molar-refractivity contribution is 5.72. The van der Waals surface area contributed by atoms with Crippen molar-refractivity contribution < 1.29 is 19.1 Å². The molecule has 0 aromatic carbocycles. The molecule has 0 spiro atoms. The van der Waals surface area contributed by atoms with Crippen LogP contribution < -0.4 is 5.73 Å². The van der Waals surface area contributed by atoms with Crippen molar-refractivity contribution >= 4 is 17.7 Å². The van der Waals surface area contributed by atoms with Gasteiger partial charge in [-0.15, -0.1) is 0 Å². The third kappa shape index (κ3) is 2110. The van der Waals surface area contributed by atoms with Crippen molar-refractivity contribution in [3.63, 3.8) is 0 Å². The third-order valence-corrected chi connectivity index (χ3v) is 0.287. The molecule has 0 saturated carbocycles. The standard InChI is InChI=1S/C3H6O2.C3H6O.C2H5NO/c1-3(4)5-2;1-3(2)4;1-2(3)4/h1-2H3;1-2H3;1H3,(H2,3,4). The summed E-state index contributed by atoms with van der Waals surface area (Å²) in [7, 11) is 1.35. The molecule has 0 atom stereocenters. The van der Waals surface area contributed by atoms with Gasteiger partial charge in [0.25, 0.3) is 0 Å². The minimum atomic E-state index is -0.333. The van der Waals surface area contributed by atoms with E-state index in [4.69, 9.17) is 0 Å². The van der Waals surface area contributed by atoms with Crippen LogP contribution in [0.15, 0.2) is 0 Å². The fourth-order valence-electron chi connectivity index (χ4n) is 0. The van der Waals surface area contributed by atoms with Crippen LogP contribution in [-0.4, -0.2) is 24.8 Å². The van der Waals surface area contributed by atoms with Crippen molar-refractivity contribution in [1.29, 1.82) is 0 Å². The van der Waals surface area contributed by atoms with Crippen molar-refractivity contribution in [2.24, 2.45) is 5.73 Å². The minimum Gasteiger partial charge on any atom is -0.469 e. The Bertz CT molecular complexity index is 146. The van der Waals surface area contributed by atoms with Crippen LogP contribution in [0.1, 0.15) is 27.7 Å². The summed E-state index contributed by atoms with van der Waals surface area (Å²) in [6, 6.07) is 0. The molecule has 1 amide bonds. The van der Waals surface area contributed by atoms with Crippen LogP contribution in [0.5, 0.6) is 0 Å². The SMILES string of the molecule is CC(C)=O.CC(N)=O.COC(C)=O. The van der Waals surface area contributed by atoms with E-state index in [0.29, 0.717) is 0 Å². The Kier molecular flexibility index (Phi) is 17.9. The molecule has 0 fully saturated rings. The van der Waals surface area contributed by atoms with Crippen LogP contribution in [-0.2, 0) is 19.1 Å². The molecule has 5 nitrogen and oxygen atoms in total. The lowest BCUT2D eigenvalue weighted by Gasteiger charge is -1.80. The number of carbonyl (C=O) groups is 3. The number of Topliss-reactive ketones (excluding diaryl/α,β-unsaturated/α-hetero) is 1. The number of hydrogen-bond acceptors (Lipinski definition) is 4. The average Bonchev–Trinajstić information content (AvgIpc) is 1.84. The molecule has 0 bridgehead atoms. The molecule has 2 N–H and O–H groups in total. The first-order chi connectivity index (χ1) is 5.73. The van der Waals surface area contributed by atoms with Gasteiger partial charge in [-0.2, -0.15) is 0 Å². The van der Waals surface area contributed by atoms with Gasteiger partial charge >= 0.3 is 5.97 Å². The summed E-state index contributed by atoms with van der Waals surface area (Å²) in [5.41, 5.74) is 4.47. The summed E-state index contributed by atoms with van der Waals surface area (Å²) in [6.45, 7) is 5.72. The largest absolute Gasteiger partial charge is 0.469 e. The molecule has 0 aliphatic carbocycles. The van der Waals surface area contributed by atoms with Crippen molar-refractivity contribution in [2.75, 3.05) is 7.11 Å². The molecule has 78 valence electrons. The van der Waals surface area contributed by atoms with E-state index in [-0.39, 0.29) is 17.7 Å². The van der Waals surface area contributed by atoms with Crippen molar-refractivity contribution in [3.8, 4) is 0 Å². The summed E-state index contributed by atoms with van der Waals surface area (Å²) in [6.07, 6.45) is 0. The Morgan fingerprint density at radius 2 is 1.08 bits per heavy atom. The maximum Gasteiger partial charge on any atom is 0.302 e. The quantitative estimate of drug-likeness (QED) is 0.556. The lowest BCUT2D eigenvalue weighted by atomic mass is 10.6. The fourth-order valence-corrected chi connectivity index (χ4v) is 0. The molecule has 0 aromatic rings. The van der Waals surface area contributed by atoms with Gasteiger partial charge in [-0.05, 0) is 13.8 Å². The molecule has 5 heteroatoms. The predicted molar refractivity (Wildman–Crippen MR) is 48.9 cm³/mol. The minimum absolute atomic E-state index is 0.167. The van der Waals surface area contributed by atoms with Gasteiger partial charge in [0.15, 0.2) is 0 Å². The second kappa shape index (κ2) is 13.2. The molecule has 0 radical (unpaired) electrons. The number of rotatable bonds is 0. The highest BCUT2D eigenvalue weighted by atomic mass is 16.5. The van der Waals surface area contributed by atoms with Gasteiger partial charge in [0.2, 0.25) is 5.91 Å². The summed E-state index contributed by atoms with van der Waals surface area (Å²) in [4.78, 5) is 28.3. The number of carbonyl (C=O) groups excluding carboxylic acids is 3. The van der Waals surface area contributed by atoms with Crippen molar-refractivity contribution in [1.82, 2.24) is 0 Å². The second-order valence-electron chi connectivity index (χ2n) is 2.21. The average molecular weight is 191 g/mol. The van der Waals surface area contributed by atoms with Crippen LogP contribution in [0.4, 0.5) is 0 Å². The highest BCUT2D eigenvalue weighted by Crippen LogP contribution is 1.60. The number of esters is 1. The van der Waals surface area contributed by atoms with Gasteiger partial charge in [-0.3, -0.25) is 9.59 Å². The van der Waals surface area contributed by atoms with E-state index in [9.17, 15) is 14.4 Å². The van der Waals surface area contributed by atoms with Crippen LogP contribution in [0.25, 0.3) is 0 Å². The smallest absolute Gasteiger partial charge is 0.302 e. The third-order valence-electron chi connectivity index (χ3n) is 0.287. The first kappa shape index (κ1) is 17.6. The van der Waals surface area contributed by atoms with E-state index in [1.807, 2.05) is 0 Å². The fraction of sp³-hybridized carbons (Fsp3) is 0.625. The van der Waals surface area contributed by atoms with Gasteiger partial charge in [-0.1, -0.05) is 0 Å². The van der Waals surface area contributed by atoms with Gasteiger partial charge in [0.05, 0.1) is 7.11 Å². The lowest BCUT2D eigenvalue weighted by molar-refractivity contribution is -0.138. The summed E-state index contributed by atoms with van der Waals surface area (Å²) < 4.78 is 4.11. The first-order valence-electron chi connectivity index (χ1n) is 3.51. The number of methoxy groups -OCH3 is 1. The molecule has 13 heavy (non-hydrogen) atoms. The molecular formula is C8H17NO4. The summed E-state index contributed by atoms with van der Waals surface area (Å²) >= 11 is 0. The van der Waals surface area contributed by atoms with E-state index in [1.54, 1.807) is 0 Å². The molecule has 0 saturated heterocycles. The van der Waals surface area contributed by atoms with Crippen LogP contribution in [0, 0.1) is 0 Å². The topological polar surface area (TPSA) is 86.5 Å². The number of amides is 1. The predicted octanol–water partition coefficient (Wildman–Crippen LogP) is 0.266. The van der Waals surface area contributed by atoms with Gasteiger partial charge < -0.3 is 15.3 Å². The summed E-state index contributed by atoms with van der Waals surface area (Å²) in [5.74, 6) is -0.412. The number of primary amides is 1. The van der Waals surface area contributed by atoms with Crippen molar-refractivity contribution in [3.05, 3.63) is 0 Å². The number of hydrogen-bond donors (Lipinski definition) is 1. The Morgan fingerprint density at radius 3 is 1.08 bits per heavy atom. The zero-order valence-corrected chi connectivity index (χ0v) is 8.71. The number of nitrogens with two attached hydrogens (primary N) is 1. The monoisotopic (exact) mass is 191 g/mol. The Morgan fingerprint density at radius 1 is 1.00 bits per heavy atom. The molecule has 0 aliphatic rings. The maximum absolute atomic E-state index is 9.59. The molecule has 0 aliphatic heterocycles. The Labute approximate surface area is 78.2 Å². The second-order valence-corrected chi connectivity index (χ2v) is 2.21. The van der Waals surface area contributed by atoms with Crippen LogP contribution >= 0.6 is 0 Å². The first-order valence-corrected chi connectivity index (χ1v) is 3.51. The zero-order chi connectivity index (χ0) is 11.4. The zero-order valence-electron chi connectivity index (χ0n) is 8.71. The Hall–Kier alpha value is -1.39. The highest BCUT2D eigenvalue weighted by Gasteiger charge is 1.75. The van der Waals surface area contributed by atoms with E-state index in [0.717, 1.165) is 0 Å². The van der Waals surface area contributed by atoms with E-state index in [1.165, 1.54) is 34.8 Å². The van der Waals surface area contributed by atoms with Gasteiger partial charge in [0.1, 0.15) is 5.78 Å². The van der Waals surface area contributed by atoms with E-state index in [2.05, 4.69) is 10.5 Å². The molecule has 0 heterocycles. The molecule has 0 unspecified atom stereocenters. The van der Waals surface area contributed by atoms with Crippen LogP contribution in [0.3, 0.4) is 0 Å². The van der Waals surface area contributed by atoms with Crippen LogP contribution in [0.2, 0.25) is 0 Å². The number of ketones is 1. The van der Waals surface area contributed by atoms with E-state index >= 15 is 0 Å². The Balaban J connectivity index is -0.000000117. The van der Waals surface area contributed by atoms with Gasteiger partial charge in [0, 0.05) is 13.8 Å².